The Kier molecular flexibility index (Phi) is 3.30. The summed E-state index contributed by atoms with van der Waals surface area (Å²) in [5.74, 6) is 0.308. The Balaban J connectivity index is 2.00. The molecule has 0 saturated carbocycles. The van der Waals surface area contributed by atoms with Crippen LogP contribution in [0.4, 0.5) is 0 Å². The second-order valence-corrected chi connectivity index (χ2v) is 3.81. The molecular weight excluding hydrogens is 222 g/mol. The van der Waals surface area contributed by atoms with Gasteiger partial charge in [-0.25, -0.2) is 4.79 Å². The normalized spacial score (nSPS) is 10.9. The predicted molar refractivity (Wildman–Crippen MR) is 59.5 cm³/mol. The van der Waals surface area contributed by atoms with Crippen LogP contribution in [0, 0.1) is 0 Å². The molecule has 17 heavy (non-hydrogen) atoms. The molecule has 0 amide bonds. The van der Waals surface area contributed by atoms with Gasteiger partial charge >= 0.3 is 5.97 Å². The number of rotatable bonds is 5. The highest BCUT2D eigenvalue weighted by Gasteiger charge is 2.15. The Bertz CT molecular complexity index is 486. The summed E-state index contributed by atoms with van der Waals surface area (Å²) in [6, 6.07) is 5.15. The minimum Gasteiger partial charge on any atom is -0.478 e. The summed E-state index contributed by atoms with van der Waals surface area (Å²) in [5, 5.41) is 8.93. The third kappa shape index (κ3) is 2.76. The van der Waals surface area contributed by atoms with Crippen molar-refractivity contribution in [2.75, 3.05) is 7.05 Å². The van der Waals surface area contributed by atoms with Crippen molar-refractivity contribution >= 4 is 5.97 Å². The number of aromatic carboxylic acids is 1. The van der Waals surface area contributed by atoms with Gasteiger partial charge < -0.3 is 13.9 Å². The molecule has 0 spiro atoms. The summed E-state index contributed by atoms with van der Waals surface area (Å²) in [6.45, 7) is 1.03. The maximum absolute atomic E-state index is 10.9. The van der Waals surface area contributed by atoms with Gasteiger partial charge in [0.05, 0.1) is 25.6 Å². The summed E-state index contributed by atoms with van der Waals surface area (Å²) >= 11 is 0. The van der Waals surface area contributed by atoms with Crippen LogP contribution in [0.5, 0.6) is 0 Å². The molecule has 2 rings (SSSR count). The molecule has 2 aromatic rings. The Hall–Kier alpha value is -2.01. The number of carboxylic acid groups (broad SMARTS) is 1. The second-order valence-electron chi connectivity index (χ2n) is 3.81. The zero-order chi connectivity index (χ0) is 12.3. The Morgan fingerprint density at radius 3 is 2.76 bits per heavy atom. The lowest BCUT2D eigenvalue weighted by Gasteiger charge is -2.13. The van der Waals surface area contributed by atoms with Crippen molar-refractivity contribution in [2.45, 2.75) is 13.1 Å². The average molecular weight is 235 g/mol. The van der Waals surface area contributed by atoms with Gasteiger partial charge in [0.25, 0.3) is 0 Å². The fourth-order valence-electron chi connectivity index (χ4n) is 1.62. The van der Waals surface area contributed by atoms with E-state index in [-0.39, 0.29) is 5.56 Å². The molecular formula is C12H13NO4. The molecule has 2 heterocycles. The van der Waals surface area contributed by atoms with Crippen molar-refractivity contribution in [1.82, 2.24) is 4.90 Å². The third-order valence-electron chi connectivity index (χ3n) is 2.40. The highest BCUT2D eigenvalue weighted by Crippen LogP contribution is 2.14. The van der Waals surface area contributed by atoms with Gasteiger partial charge in [0, 0.05) is 0 Å². The first-order valence-electron chi connectivity index (χ1n) is 5.17. The molecule has 5 nitrogen and oxygen atoms in total. The van der Waals surface area contributed by atoms with Gasteiger partial charge in [-0.1, -0.05) is 0 Å². The van der Waals surface area contributed by atoms with Gasteiger partial charge in [0.2, 0.25) is 0 Å². The van der Waals surface area contributed by atoms with Crippen LogP contribution in [0.25, 0.3) is 0 Å². The van der Waals surface area contributed by atoms with Crippen LogP contribution in [-0.2, 0) is 13.1 Å². The minimum atomic E-state index is -0.972. The molecule has 0 fully saturated rings. The van der Waals surface area contributed by atoms with Crippen molar-refractivity contribution in [3.05, 3.63) is 47.8 Å². The number of hydrogen-bond donors (Lipinski definition) is 1. The SMILES string of the molecule is CN(Cc1ccco1)Cc1occc1C(=O)O. The summed E-state index contributed by atoms with van der Waals surface area (Å²) in [7, 11) is 1.87. The highest BCUT2D eigenvalue weighted by atomic mass is 16.4. The average Bonchev–Trinajstić information content (AvgIpc) is 2.88. The molecule has 2 aromatic heterocycles. The largest absolute Gasteiger partial charge is 0.478 e. The smallest absolute Gasteiger partial charge is 0.339 e. The van der Waals surface area contributed by atoms with Gasteiger partial charge in [-0.05, 0) is 25.2 Å². The van der Waals surface area contributed by atoms with Crippen LogP contribution < -0.4 is 0 Å². The monoisotopic (exact) mass is 235 g/mol. The molecule has 1 N–H and O–H groups in total. The molecule has 0 aliphatic rings. The molecule has 0 aromatic carbocycles. The summed E-state index contributed by atoms with van der Waals surface area (Å²) in [5.41, 5.74) is 0.205. The molecule has 0 aliphatic heterocycles. The lowest BCUT2D eigenvalue weighted by atomic mass is 10.2. The quantitative estimate of drug-likeness (QED) is 0.860. The molecule has 0 bridgehead atoms. The number of hydrogen-bond acceptors (Lipinski definition) is 4. The van der Waals surface area contributed by atoms with Gasteiger partial charge in [0.15, 0.2) is 0 Å². The van der Waals surface area contributed by atoms with E-state index in [1.165, 1.54) is 12.3 Å². The number of nitrogens with zero attached hydrogens (tertiary/aromatic N) is 1. The first kappa shape index (κ1) is 11.5. The van der Waals surface area contributed by atoms with Crippen LogP contribution in [-0.4, -0.2) is 23.0 Å². The van der Waals surface area contributed by atoms with Crippen molar-refractivity contribution in [3.63, 3.8) is 0 Å². The third-order valence-corrected chi connectivity index (χ3v) is 2.40. The summed E-state index contributed by atoms with van der Waals surface area (Å²) in [6.07, 6.45) is 3.00. The number of carboxylic acids is 1. The van der Waals surface area contributed by atoms with Gasteiger partial charge in [-0.2, -0.15) is 0 Å². The fraction of sp³-hybridized carbons (Fsp3) is 0.250. The molecule has 90 valence electrons. The summed E-state index contributed by atoms with van der Waals surface area (Å²) < 4.78 is 10.4. The zero-order valence-corrected chi connectivity index (χ0v) is 9.42. The molecule has 0 radical (unpaired) electrons. The van der Waals surface area contributed by atoms with Crippen molar-refractivity contribution in [1.29, 1.82) is 0 Å². The van der Waals surface area contributed by atoms with Crippen molar-refractivity contribution in [2.24, 2.45) is 0 Å². The number of carbonyl (C=O) groups is 1. The van der Waals surface area contributed by atoms with Gasteiger partial charge in [0.1, 0.15) is 17.1 Å². The van der Waals surface area contributed by atoms with E-state index >= 15 is 0 Å². The van der Waals surface area contributed by atoms with Crippen LogP contribution in [0.1, 0.15) is 21.9 Å². The predicted octanol–water partition coefficient (Wildman–Crippen LogP) is 2.20. The Morgan fingerprint density at radius 1 is 1.29 bits per heavy atom. The van der Waals surface area contributed by atoms with E-state index < -0.39 is 5.97 Å². The van der Waals surface area contributed by atoms with Gasteiger partial charge in [-0.15, -0.1) is 0 Å². The maximum atomic E-state index is 10.9. The Labute approximate surface area is 98.3 Å². The van der Waals surface area contributed by atoms with Crippen LogP contribution >= 0.6 is 0 Å². The van der Waals surface area contributed by atoms with Crippen LogP contribution in [0.3, 0.4) is 0 Å². The standard InChI is InChI=1S/C12H13NO4/c1-13(7-9-3-2-5-16-9)8-11-10(12(14)15)4-6-17-11/h2-6H,7-8H2,1H3,(H,14,15). The topological polar surface area (TPSA) is 66.8 Å². The molecule has 0 atom stereocenters. The van der Waals surface area contributed by atoms with Crippen LogP contribution in [0.2, 0.25) is 0 Å². The Morgan fingerprint density at radius 2 is 2.12 bits per heavy atom. The molecule has 5 heteroatoms. The van der Waals surface area contributed by atoms with E-state index in [0.717, 1.165) is 5.76 Å². The van der Waals surface area contributed by atoms with E-state index in [1.807, 2.05) is 24.1 Å². The van der Waals surface area contributed by atoms with E-state index in [0.29, 0.717) is 18.8 Å². The molecule has 0 aliphatic carbocycles. The van der Waals surface area contributed by atoms with Crippen molar-refractivity contribution < 1.29 is 18.7 Å². The second kappa shape index (κ2) is 4.88. The molecule has 0 unspecified atom stereocenters. The first-order valence-corrected chi connectivity index (χ1v) is 5.17. The summed E-state index contributed by atoms with van der Waals surface area (Å²) in [4.78, 5) is 12.8. The minimum absolute atomic E-state index is 0.205. The van der Waals surface area contributed by atoms with Crippen molar-refractivity contribution in [3.8, 4) is 0 Å². The van der Waals surface area contributed by atoms with E-state index in [9.17, 15) is 4.79 Å². The van der Waals surface area contributed by atoms with E-state index in [4.69, 9.17) is 13.9 Å². The van der Waals surface area contributed by atoms with Gasteiger partial charge in [-0.3, -0.25) is 4.90 Å². The lowest BCUT2D eigenvalue weighted by molar-refractivity contribution is 0.0693. The lowest BCUT2D eigenvalue weighted by Crippen LogP contribution is -2.18. The van der Waals surface area contributed by atoms with Crippen LogP contribution in [0.15, 0.2) is 39.6 Å². The first-order chi connectivity index (χ1) is 8.16. The van der Waals surface area contributed by atoms with E-state index in [2.05, 4.69) is 0 Å². The van der Waals surface area contributed by atoms with E-state index in [1.54, 1.807) is 6.26 Å². The molecule has 0 saturated heterocycles. The highest BCUT2D eigenvalue weighted by molar-refractivity contribution is 5.88. The zero-order valence-electron chi connectivity index (χ0n) is 9.42. The fourth-order valence-corrected chi connectivity index (χ4v) is 1.62. The number of furan rings is 2. The maximum Gasteiger partial charge on any atom is 0.339 e.